The van der Waals surface area contributed by atoms with Gasteiger partial charge in [0.1, 0.15) is 0 Å². The number of benzene rings is 1. The van der Waals surface area contributed by atoms with Crippen LogP contribution in [0, 0.1) is 10.1 Å². The molecule has 0 saturated heterocycles. The van der Waals surface area contributed by atoms with E-state index in [4.69, 9.17) is 4.74 Å². The number of carbonyl (C=O) groups excluding carboxylic acids is 1. The first-order chi connectivity index (χ1) is 11.9. The predicted octanol–water partition coefficient (Wildman–Crippen LogP) is 3.78. The summed E-state index contributed by atoms with van der Waals surface area (Å²) in [5, 5.41) is 13.6. The van der Waals surface area contributed by atoms with Crippen molar-refractivity contribution in [3.63, 3.8) is 0 Å². The molecule has 1 N–H and O–H groups in total. The minimum absolute atomic E-state index is 0.0506. The van der Waals surface area contributed by atoms with E-state index in [0.29, 0.717) is 18.1 Å². The SMILES string of the molecule is CC(C)(COCc1ccccc1)NC(=O)/C=C/c1ccc([N+](=O)[O-])s1. The highest BCUT2D eigenvalue weighted by Gasteiger charge is 2.19. The van der Waals surface area contributed by atoms with E-state index in [0.717, 1.165) is 16.9 Å². The number of nitrogens with zero attached hydrogens (tertiary/aromatic N) is 1. The average Bonchev–Trinajstić information content (AvgIpc) is 3.02. The lowest BCUT2D eigenvalue weighted by Crippen LogP contribution is -2.46. The van der Waals surface area contributed by atoms with Gasteiger partial charge in [0, 0.05) is 17.0 Å². The maximum Gasteiger partial charge on any atom is 0.324 e. The maximum absolute atomic E-state index is 12.0. The van der Waals surface area contributed by atoms with Crippen molar-refractivity contribution in [1.29, 1.82) is 0 Å². The van der Waals surface area contributed by atoms with Gasteiger partial charge in [-0.25, -0.2) is 0 Å². The summed E-state index contributed by atoms with van der Waals surface area (Å²) in [7, 11) is 0. The largest absolute Gasteiger partial charge is 0.374 e. The quantitative estimate of drug-likeness (QED) is 0.441. The number of ether oxygens (including phenoxy) is 1. The molecule has 1 amide bonds. The second-order valence-corrected chi connectivity index (χ2v) is 7.21. The molecule has 6 nitrogen and oxygen atoms in total. The topological polar surface area (TPSA) is 81.5 Å². The molecule has 132 valence electrons. The van der Waals surface area contributed by atoms with Crippen LogP contribution in [0.1, 0.15) is 24.3 Å². The van der Waals surface area contributed by atoms with Crippen LogP contribution in [0.4, 0.5) is 5.00 Å². The lowest BCUT2D eigenvalue weighted by Gasteiger charge is -2.25. The zero-order valence-electron chi connectivity index (χ0n) is 14.1. The Bertz CT molecular complexity index is 753. The number of amides is 1. The molecule has 0 atom stereocenters. The second-order valence-electron chi connectivity index (χ2n) is 6.12. The van der Waals surface area contributed by atoms with Crippen molar-refractivity contribution >= 4 is 28.3 Å². The highest BCUT2D eigenvalue weighted by atomic mass is 32.1. The van der Waals surface area contributed by atoms with Gasteiger partial charge in [-0.1, -0.05) is 41.7 Å². The van der Waals surface area contributed by atoms with Gasteiger partial charge < -0.3 is 10.1 Å². The van der Waals surface area contributed by atoms with Crippen molar-refractivity contribution in [2.75, 3.05) is 6.61 Å². The van der Waals surface area contributed by atoms with Gasteiger partial charge >= 0.3 is 5.00 Å². The van der Waals surface area contributed by atoms with Crippen molar-refractivity contribution in [2.24, 2.45) is 0 Å². The van der Waals surface area contributed by atoms with Crippen LogP contribution in [0.15, 0.2) is 48.5 Å². The average molecular weight is 360 g/mol. The summed E-state index contributed by atoms with van der Waals surface area (Å²) >= 11 is 1.02. The van der Waals surface area contributed by atoms with Crippen molar-refractivity contribution in [3.8, 4) is 0 Å². The molecule has 0 spiro atoms. The summed E-state index contributed by atoms with van der Waals surface area (Å²) < 4.78 is 5.67. The Morgan fingerprint density at radius 3 is 2.64 bits per heavy atom. The Morgan fingerprint density at radius 2 is 2.00 bits per heavy atom. The number of rotatable bonds is 8. The molecule has 0 aliphatic rings. The number of thiophene rings is 1. The molecule has 2 rings (SSSR count). The molecule has 1 heterocycles. The summed E-state index contributed by atoms with van der Waals surface area (Å²) in [6, 6.07) is 12.8. The molecule has 1 aromatic carbocycles. The molecule has 1 aromatic heterocycles. The number of hydrogen-bond donors (Lipinski definition) is 1. The predicted molar refractivity (Wildman–Crippen MR) is 98.3 cm³/mol. The minimum atomic E-state index is -0.530. The molecule has 25 heavy (non-hydrogen) atoms. The first-order valence-electron chi connectivity index (χ1n) is 7.72. The van der Waals surface area contributed by atoms with Gasteiger partial charge in [0.05, 0.1) is 23.7 Å². The third kappa shape index (κ3) is 6.48. The highest BCUT2D eigenvalue weighted by Crippen LogP contribution is 2.24. The van der Waals surface area contributed by atoms with Gasteiger partial charge in [0.2, 0.25) is 5.91 Å². The zero-order chi connectivity index (χ0) is 18.3. The fourth-order valence-electron chi connectivity index (χ4n) is 2.10. The van der Waals surface area contributed by atoms with Crippen LogP contribution in [-0.4, -0.2) is 23.0 Å². The molecular formula is C18H20N2O4S. The normalized spacial score (nSPS) is 11.6. The van der Waals surface area contributed by atoms with Crippen LogP contribution in [0.3, 0.4) is 0 Å². The summed E-state index contributed by atoms with van der Waals surface area (Å²) in [6.07, 6.45) is 2.93. The highest BCUT2D eigenvalue weighted by molar-refractivity contribution is 7.16. The Labute approximate surface area is 150 Å². The van der Waals surface area contributed by atoms with Gasteiger partial charge in [0.25, 0.3) is 0 Å². The fraction of sp³-hybridized carbons (Fsp3) is 0.278. The molecule has 7 heteroatoms. The lowest BCUT2D eigenvalue weighted by molar-refractivity contribution is -0.380. The number of nitro groups is 1. The van der Waals surface area contributed by atoms with E-state index in [-0.39, 0.29) is 10.9 Å². The van der Waals surface area contributed by atoms with E-state index < -0.39 is 10.5 Å². The molecule has 0 fully saturated rings. The van der Waals surface area contributed by atoms with E-state index >= 15 is 0 Å². The number of nitrogens with one attached hydrogen (secondary N) is 1. The smallest absolute Gasteiger partial charge is 0.324 e. The number of carbonyl (C=O) groups is 1. The summed E-state index contributed by atoms with van der Waals surface area (Å²) in [6.45, 7) is 4.60. The van der Waals surface area contributed by atoms with E-state index in [1.54, 1.807) is 12.1 Å². The molecule has 0 saturated carbocycles. The van der Waals surface area contributed by atoms with Crippen molar-refractivity contribution in [1.82, 2.24) is 5.32 Å². The third-order valence-corrected chi connectivity index (χ3v) is 4.23. The van der Waals surface area contributed by atoms with Crippen molar-refractivity contribution in [3.05, 3.63) is 69.1 Å². The van der Waals surface area contributed by atoms with Crippen LogP contribution in [-0.2, 0) is 16.1 Å². The zero-order valence-corrected chi connectivity index (χ0v) is 14.9. The van der Waals surface area contributed by atoms with Crippen LogP contribution in [0.25, 0.3) is 6.08 Å². The van der Waals surface area contributed by atoms with Crippen molar-refractivity contribution in [2.45, 2.75) is 26.0 Å². The molecule has 0 unspecified atom stereocenters. The summed E-state index contributed by atoms with van der Waals surface area (Å²) in [5.74, 6) is -0.274. The molecule has 2 aromatic rings. The Hall–Kier alpha value is -2.51. The Balaban J connectivity index is 1.81. The van der Waals surface area contributed by atoms with Crippen molar-refractivity contribution < 1.29 is 14.5 Å². The van der Waals surface area contributed by atoms with Gasteiger partial charge in [-0.3, -0.25) is 14.9 Å². The first-order valence-corrected chi connectivity index (χ1v) is 8.53. The van der Waals surface area contributed by atoms with Gasteiger partial charge in [-0.05, 0) is 31.6 Å². The molecular weight excluding hydrogens is 340 g/mol. The van der Waals surface area contributed by atoms with E-state index in [2.05, 4.69) is 5.32 Å². The first kappa shape index (κ1) is 18.8. The van der Waals surface area contributed by atoms with E-state index in [1.807, 2.05) is 44.2 Å². The monoisotopic (exact) mass is 360 g/mol. The summed E-state index contributed by atoms with van der Waals surface area (Å²) in [4.78, 5) is 22.9. The van der Waals surface area contributed by atoms with Crippen LogP contribution in [0.2, 0.25) is 0 Å². The second kappa shape index (κ2) is 8.55. The molecule has 0 aliphatic carbocycles. The maximum atomic E-state index is 12.0. The fourth-order valence-corrected chi connectivity index (χ4v) is 2.82. The molecule has 0 aliphatic heterocycles. The molecule has 0 bridgehead atoms. The lowest BCUT2D eigenvalue weighted by atomic mass is 10.1. The molecule has 0 radical (unpaired) electrons. The van der Waals surface area contributed by atoms with Crippen LogP contribution < -0.4 is 5.32 Å². The van der Waals surface area contributed by atoms with Gasteiger partial charge in [0.15, 0.2) is 0 Å². The van der Waals surface area contributed by atoms with E-state index in [9.17, 15) is 14.9 Å². The Kier molecular flexibility index (Phi) is 6.44. The Morgan fingerprint density at radius 1 is 1.28 bits per heavy atom. The third-order valence-electron chi connectivity index (χ3n) is 3.23. The number of hydrogen-bond acceptors (Lipinski definition) is 5. The van der Waals surface area contributed by atoms with Gasteiger partial charge in [-0.2, -0.15) is 0 Å². The van der Waals surface area contributed by atoms with E-state index in [1.165, 1.54) is 12.1 Å². The van der Waals surface area contributed by atoms with Gasteiger partial charge in [-0.15, -0.1) is 0 Å². The minimum Gasteiger partial charge on any atom is -0.374 e. The summed E-state index contributed by atoms with van der Waals surface area (Å²) in [5.41, 5.74) is 0.543. The standard InChI is InChI=1S/C18H20N2O4S/c1-18(2,13-24-12-14-6-4-3-5-7-14)19-16(21)10-8-15-9-11-17(25-15)20(22)23/h3-11H,12-13H2,1-2H3,(H,19,21)/b10-8+. The van der Waals surface area contributed by atoms with Crippen LogP contribution in [0.5, 0.6) is 0 Å². The van der Waals surface area contributed by atoms with Crippen LogP contribution >= 0.6 is 11.3 Å².